The number of nitrogens with zero attached hydrogens (tertiary/aromatic N) is 1. The summed E-state index contributed by atoms with van der Waals surface area (Å²) < 4.78 is 0. The minimum absolute atomic E-state index is 0.0745. The molecule has 0 aromatic heterocycles. The lowest BCUT2D eigenvalue weighted by Gasteiger charge is -2.21. The number of rotatable bonds is 2. The number of β-amino-alcohol motifs (C(OH)–C–C–N with tert-alkyl or cyclic N) is 1. The van der Waals surface area contributed by atoms with Crippen LogP contribution in [0, 0.1) is 0 Å². The highest BCUT2D eigenvalue weighted by atomic mass is 16.4. The summed E-state index contributed by atoms with van der Waals surface area (Å²) in [6.07, 6.45) is 0.186. The van der Waals surface area contributed by atoms with Crippen molar-refractivity contribution in [1.29, 1.82) is 0 Å². The monoisotopic (exact) mass is 276 g/mol. The highest BCUT2D eigenvalue weighted by molar-refractivity contribution is 5.97. The van der Waals surface area contributed by atoms with Crippen molar-refractivity contribution >= 4 is 17.6 Å². The first-order chi connectivity index (χ1) is 9.56. The van der Waals surface area contributed by atoms with Crippen LogP contribution in [0.25, 0.3) is 0 Å². The average molecular weight is 276 g/mol. The smallest absolute Gasteiger partial charge is 0.326 e. The molecule has 0 saturated carbocycles. The number of carboxylic acid groups (broad SMARTS) is 1. The molecule has 6 heteroatoms. The summed E-state index contributed by atoms with van der Waals surface area (Å²) in [6.45, 7) is 0.929. The quantitative estimate of drug-likeness (QED) is 0.723. The first-order valence-electron chi connectivity index (χ1n) is 6.65. The number of hydrogen-bond acceptors (Lipinski definition) is 4. The molecule has 2 atom stereocenters. The standard InChI is InChI=1S/C14H16N2O4/c17-10-6-12(14(19)20)16(7-10)13(18)9-1-2-11-8(5-9)3-4-15-11/h1-2,5,10,12,15,17H,3-4,6-7H2,(H,19,20)/t10?,12-/m0/s1. The molecule has 1 unspecified atom stereocenters. The summed E-state index contributed by atoms with van der Waals surface area (Å²) in [5.41, 5.74) is 2.58. The number of carbonyl (C=O) groups excluding carboxylic acids is 1. The summed E-state index contributed by atoms with van der Waals surface area (Å²) in [7, 11) is 0. The van der Waals surface area contributed by atoms with E-state index in [9.17, 15) is 14.7 Å². The number of hydrogen-bond donors (Lipinski definition) is 3. The third kappa shape index (κ3) is 2.12. The Balaban J connectivity index is 1.86. The predicted molar refractivity (Wildman–Crippen MR) is 71.7 cm³/mol. The molecule has 1 aromatic carbocycles. The Morgan fingerprint density at radius 1 is 1.35 bits per heavy atom. The Hall–Kier alpha value is -2.08. The molecule has 2 heterocycles. The molecule has 0 bridgehead atoms. The van der Waals surface area contributed by atoms with Gasteiger partial charge in [-0.3, -0.25) is 4.79 Å². The molecule has 1 saturated heterocycles. The van der Waals surface area contributed by atoms with Crippen LogP contribution < -0.4 is 5.32 Å². The van der Waals surface area contributed by atoms with E-state index in [-0.39, 0.29) is 18.9 Å². The zero-order valence-corrected chi connectivity index (χ0v) is 10.9. The molecule has 1 aromatic rings. The van der Waals surface area contributed by atoms with Crippen molar-refractivity contribution in [2.24, 2.45) is 0 Å². The van der Waals surface area contributed by atoms with Crippen LogP contribution in [0.1, 0.15) is 22.3 Å². The van der Waals surface area contributed by atoms with Crippen LogP contribution in [-0.2, 0) is 11.2 Å². The zero-order valence-electron chi connectivity index (χ0n) is 10.9. The van der Waals surface area contributed by atoms with E-state index >= 15 is 0 Å². The van der Waals surface area contributed by atoms with Crippen LogP contribution in [0.3, 0.4) is 0 Å². The molecular formula is C14H16N2O4. The van der Waals surface area contributed by atoms with Gasteiger partial charge in [-0.15, -0.1) is 0 Å². The maximum absolute atomic E-state index is 12.4. The number of benzene rings is 1. The van der Waals surface area contributed by atoms with Gasteiger partial charge in [0.15, 0.2) is 0 Å². The highest BCUT2D eigenvalue weighted by Gasteiger charge is 2.39. The summed E-state index contributed by atoms with van der Waals surface area (Å²) in [4.78, 5) is 24.9. The summed E-state index contributed by atoms with van der Waals surface area (Å²) >= 11 is 0. The number of aliphatic hydroxyl groups excluding tert-OH is 1. The summed E-state index contributed by atoms with van der Waals surface area (Å²) in [5.74, 6) is -1.40. The van der Waals surface area contributed by atoms with Gasteiger partial charge in [0.2, 0.25) is 0 Å². The van der Waals surface area contributed by atoms with Crippen molar-refractivity contribution < 1.29 is 19.8 Å². The van der Waals surface area contributed by atoms with Gasteiger partial charge in [-0.05, 0) is 30.2 Å². The lowest BCUT2D eigenvalue weighted by Crippen LogP contribution is -2.40. The van der Waals surface area contributed by atoms with E-state index in [1.54, 1.807) is 12.1 Å². The van der Waals surface area contributed by atoms with Crippen molar-refractivity contribution in [3.05, 3.63) is 29.3 Å². The predicted octanol–water partition coefficient (Wildman–Crippen LogP) is 0.315. The van der Waals surface area contributed by atoms with Crippen LogP contribution in [0.5, 0.6) is 0 Å². The third-order valence-electron chi connectivity index (χ3n) is 3.89. The fraction of sp³-hybridized carbons (Fsp3) is 0.429. The molecule has 2 aliphatic heterocycles. The SMILES string of the molecule is O=C(O)[C@@H]1CC(O)CN1C(=O)c1ccc2c(c1)CCN2. The Labute approximate surface area is 116 Å². The number of aliphatic hydroxyl groups is 1. The Kier molecular flexibility index (Phi) is 3.10. The van der Waals surface area contributed by atoms with Gasteiger partial charge in [0.1, 0.15) is 6.04 Å². The van der Waals surface area contributed by atoms with E-state index in [1.165, 1.54) is 4.90 Å². The minimum atomic E-state index is -1.07. The van der Waals surface area contributed by atoms with Gasteiger partial charge < -0.3 is 20.4 Å². The van der Waals surface area contributed by atoms with Crippen LogP contribution in [0.2, 0.25) is 0 Å². The molecule has 106 valence electrons. The molecule has 2 aliphatic rings. The third-order valence-corrected chi connectivity index (χ3v) is 3.89. The van der Waals surface area contributed by atoms with E-state index in [1.807, 2.05) is 6.07 Å². The van der Waals surface area contributed by atoms with Crippen molar-refractivity contribution in [3.63, 3.8) is 0 Å². The number of carboxylic acids is 1. The summed E-state index contributed by atoms with van der Waals surface area (Å²) in [5, 5.41) is 22.0. The van der Waals surface area contributed by atoms with Gasteiger partial charge in [-0.25, -0.2) is 4.79 Å². The van der Waals surface area contributed by atoms with E-state index in [0.717, 1.165) is 24.2 Å². The van der Waals surface area contributed by atoms with Crippen molar-refractivity contribution in [3.8, 4) is 0 Å². The molecular weight excluding hydrogens is 260 g/mol. The topological polar surface area (TPSA) is 89.9 Å². The number of amides is 1. The molecule has 0 spiro atoms. The van der Waals surface area contributed by atoms with Gasteiger partial charge >= 0.3 is 5.97 Å². The number of aliphatic carboxylic acids is 1. The van der Waals surface area contributed by atoms with Gasteiger partial charge in [-0.1, -0.05) is 0 Å². The number of anilines is 1. The normalized spacial score (nSPS) is 24.4. The van der Waals surface area contributed by atoms with E-state index in [2.05, 4.69) is 5.32 Å². The maximum Gasteiger partial charge on any atom is 0.326 e. The van der Waals surface area contributed by atoms with E-state index in [0.29, 0.717) is 5.56 Å². The van der Waals surface area contributed by atoms with E-state index in [4.69, 9.17) is 5.11 Å². The molecule has 3 rings (SSSR count). The second-order valence-corrected chi connectivity index (χ2v) is 5.25. The molecule has 0 radical (unpaired) electrons. The minimum Gasteiger partial charge on any atom is -0.480 e. The molecule has 20 heavy (non-hydrogen) atoms. The Morgan fingerprint density at radius 2 is 2.15 bits per heavy atom. The van der Waals surface area contributed by atoms with E-state index < -0.39 is 18.1 Å². The largest absolute Gasteiger partial charge is 0.480 e. The van der Waals surface area contributed by atoms with Crippen molar-refractivity contribution in [2.45, 2.75) is 25.0 Å². The Bertz CT molecular complexity index is 572. The number of likely N-dealkylation sites (tertiary alicyclic amines) is 1. The fourth-order valence-corrected chi connectivity index (χ4v) is 2.88. The average Bonchev–Trinajstić information content (AvgIpc) is 3.02. The summed E-state index contributed by atoms with van der Waals surface area (Å²) in [6, 6.07) is 4.41. The number of carbonyl (C=O) groups is 2. The van der Waals surface area contributed by atoms with Crippen LogP contribution in [0.15, 0.2) is 18.2 Å². The second-order valence-electron chi connectivity index (χ2n) is 5.25. The zero-order chi connectivity index (χ0) is 14.3. The second kappa shape index (κ2) is 4.79. The van der Waals surface area contributed by atoms with Crippen LogP contribution in [-0.4, -0.2) is 52.2 Å². The van der Waals surface area contributed by atoms with Gasteiger partial charge in [-0.2, -0.15) is 0 Å². The molecule has 3 N–H and O–H groups in total. The van der Waals surface area contributed by atoms with Gasteiger partial charge in [0.25, 0.3) is 5.91 Å². The van der Waals surface area contributed by atoms with Crippen molar-refractivity contribution in [1.82, 2.24) is 4.90 Å². The highest BCUT2D eigenvalue weighted by Crippen LogP contribution is 2.26. The molecule has 0 aliphatic carbocycles. The first-order valence-corrected chi connectivity index (χ1v) is 6.65. The Morgan fingerprint density at radius 3 is 2.90 bits per heavy atom. The lowest BCUT2D eigenvalue weighted by molar-refractivity contribution is -0.141. The molecule has 1 amide bonds. The number of fused-ring (bicyclic) bond motifs is 1. The van der Waals surface area contributed by atoms with Crippen LogP contribution in [0.4, 0.5) is 5.69 Å². The lowest BCUT2D eigenvalue weighted by atomic mass is 10.1. The fourth-order valence-electron chi connectivity index (χ4n) is 2.88. The van der Waals surface area contributed by atoms with Crippen LogP contribution >= 0.6 is 0 Å². The maximum atomic E-state index is 12.4. The van der Waals surface area contributed by atoms with Gasteiger partial charge in [0, 0.05) is 30.8 Å². The molecule has 1 fully saturated rings. The van der Waals surface area contributed by atoms with Gasteiger partial charge in [0.05, 0.1) is 6.10 Å². The first kappa shape index (κ1) is 12.9. The van der Waals surface area contributed by atoms with Crippen molar-refractivity contribution in [2.75, 3.05) is 18.4 Å². The number of nitrogens with one attached hydrogen (secondary N) is 1. The molecule has 6 nitrogen and oxygen atoms in total.